The van der Waals surface area contributed by atoms with Crippen LogP contribution in [-0.2, 0) is 0 Å². The third kappa shape index (κ3) is 3.67. The van der Waals surface area contributed by atoms with Gasteiger partial charge in [0.15, 0.2) is 0 Å². The van der Waals surface area contributed by atoms with E-state index < -0.39 is 5.91 Å². The summed E-state index contributed by atoms with van der Waals surface area (Å²) in [5.74, 6) is 0.371. The van der Waals surface area contributed by atoms with E-state index in [1.165, 1.54) is 7.11 Å². The van der Waals surface area contributed by atoms with Gasteiger partial charge in [0, 0.05) is 21.2 Å². The van der Waals surface area contributed by atoms with Gasteiger partial charge in [0.05, 0.1) is 7.11 Å². The van der Waals surface area contributed by atoms with Crippen molar-refractivity contribution in [3.63, 3.8) is 0 Å². The number of amides is 1. The van der Waals surface area contributed by atoms with Gasteiger partial charge in [0.1, 0.15) is 5.75 Å². The Morgan fingerprint density at radius 3 is 2.58 bits per heavy atom. The number of halogens is 2. The van der Waals surface area contributed by atoms with Crippen LogP contribution in [0.3, 0.4) is 0 Å². The predicted octanol–water partition coefficient (Wildman–Crippen LogP) is 4.30. The zero-order valence-electron chi connectivity index (χ0n) is 12.4. The molecule has 0 spiro atoms. The van der Waals surface area contributed by atoms with E-state index in [9.17, 15) is 4.79 Å². The summed E-state index contributed by atoms with van der Waals surface area (Å²) in [7, 11) is 1.53. The molecule has 1 N–H and O–H groups in total. The van der Waals surface area contributed by atoms with Gasteiger partial charge in [0.2, 0.25) is 5.89 Å². The zero-order chi connectivity index (χ0) is 17.1. The van der Waals surface area contributed by atoms with Crippen molar-refractivity contribution in [2.24, 2.45) is 0 Å². The maximum absolute atomic E-state index is 12.2. The number of rotatable bonds is 4. The number of ether oxygens (including phenoxy) is 1. The van der Waals surface area contributed by atoms with Gasteiger partial charge in [-0.3, -0.25) is 10.1 Å². The van der Waals surface area contributed by atoms with Gasteiger partial charge < -0.3 is 9.15 Å². The summed E-state index contributed by atoms with van der Waals surface area (Å²) in [5, 5.41) is 11.1. The Bertz CT molecular complexity index is 876. The quantitative estimate of drug-likeness (QED) is 0.747. The van der Waals surface area contributed by atoms with E-state index in [0.29, 0.717) is 26.9 Å². The monoisotopic (exact) mass is 363 g/mol. The van der Waals surface area contributed by atoms with E-state index >= 15 is 0 Å². The van der Waals surface area contributed by atoms with E-state index in [2.05, 4.69) is 15.5 Å². The Balaban J connectivity index is 1.79. The lowest BCUT2D eigenvalue weighted by Crippen LogP contribution is -2.12. The van der Waals surface area contributed by atoms with Crippen LogP contribution in [0.15, 0.2) is 46.9 Å². The van der Waals surface area contributed by atoms with Gasteiger partial charge in [-0.15, -0.1) is 5.10 Å². The summed E-state index contributed by atoms with van der Waals surface area (Å²) >= 11 is 11.9. The summed E-state index contributed by atoms with van der Waals surface area (Å²) in [6.07, 6.45) is 0. The van der Waals surface area contributed by atoms with Gasteiger partial charge in [0.25, 0.3) is 5.91 Å². The van der Waals surface area contributed by atoms with Crippen molar-refractivity contribution in [2.45, 2.75) is 0 Å². The fourth-order valence-corrected chi connectivity index (χ4v) is 2.53. The molecule has 0 unspecified atom stereocenters. The van der Waals surface area contributed by atoms with Crippen molar-refractivity contribution in [3.05, 3.63) is 58.1 Å². The first kappa shape index (κ1) is 16.3. The molecule has 24 heavy (non-hydrogen) atoms. The summed E-state index contributed by atoms with van der Waals surface area (Å²) in [6.45, 7) is 0. The largest absolute Gasteiger partial charge is 0.497 e. The first-order valence-electron chi connectivity index (χ1n) is 6.80. The second-order valence-electron chi connectivity index (χ2n) is 4.76. The molecular formula is C16H11Cl2N3O3. The molecule has 0 atom stereocenters. The van der Waals surface area contributed by atoms with E-state index in [1.807, 2.05) is 0 Å². The Labute approximate surface area is 147 Å². The third-order valence-electron chi connectivity index (χ3n) is 3.09. The van der Waals surface area contributed by atoms with Crippen LogP contribution in [0.1, 0.15) is 10.4 Å². The lowest BCUT2D eigenvalue weighted by atomic mass is 10.2. The highest BCUT2D eigenvalue weighted by molar-refractivity contribution is 6.35. The van der Waals surface area contributed by atoms with Gasteiger partial charge >= 0.3 is 6.01 Å². The van der Waals surface area contributed by atoms with Crippen molar-refractivity contribution in [1.82, 2.24) is 10.2 Å². The van der Waals surface area contributed by atoms with Gasteiger partial charge in [-0.25, -0.2) is 0 Å². The molecule has 1 aromatic heterocycles. The number of hydrogen-bond acceptors (Lipinski definition) is 5. The number of carbonyl (C=O) groups excluding carboxylic acids is 1. The number of aromatic nitrogens is 2. The van der Waals surface area contributed by atoms with E-state index in [4.69, 9.17) is 32.4 Å². The van der Waals surface area contributed by atoms with Gasteiger partial charge in [-0.05, 0) is 36.4 Å². The molecule has 0 saturated carbocycles. The summed E-state index contributed by atoms with van der Waals surface area (Å²) < 4.78 is 10.5. The Morgan fingerprint density at radius 1 is 1.12 bits per heavy atom. The minimum absolute atomic E-state index is 0.0334. The SMILES string of the molecule is COc1cccc(C(=O)Nc2nnc(-c3cc(Cl)cc(Cl)c3)o2)c1. The predicted molar refractivity (Wildman–Crippen MR) is 90.7 cm³/mol. The molecule has 1 heterocycles. The highest BCUT2D eigenvalue weighted by atomic mass is 35.5. The lowest BCUT2D eigenvalue weighted by Gasteiger charge is -2.03. The Kier molecular flexibility index (Phi) is 4.69. The maximum Gasteiger partial charge on any atom is 0.322 e. The normalized spacial score (nSPS) is 10.5. The van der Waals surface area contributed by atoms with Crippen LogP contribution in [0.5, 0.6) is 5.75 Å². The van der Waals surface area contributed by atoms with Crippen LogP contribution in [0.2, 0.25) is 10.0 Å². The van der Waals surface area contributed by atoms with E-state index in [1.54, 1.807) is 42.5 Å². The van der Waals surface area contributed by atoms with E-state index in [-0.39, 0.29) is 11.9 Å². The molecule has 0 aliphatic heterocycles. The second-order valence-corrected chi connectivity index (χ2v) is 5.63. The molecule has 0 radical (unpaired) electrons. The molecule has 0 bridgehead atoms. The average Bonchev–Trinajstić information content (AvgIpc) is 3.02. The molecule has 3 aromatic rings. The number of carbonyl (C=O) groups is 1. The molecule has 6 nitrogen and oxygen atoms in total. The number of anilines is 1. The van der Waals surface area contributed by atoms with Crippen molar-refractivity contribution in [2.75, 3.05) is 12.4 Å². The van der Waals surface area contributed by atoms with Gasteiger partial charge in [-0.2, -0.15) is 0 Å². The van der Waals surface area contributed by atoms with E-state index in [0.717, 1.165) is 0 Å². The van der Waals surface area contributed by atoms with Crippen LogP contribution in [-0.4, -0.2) is 23.2 Å². The van der Waals surface area contributed by atoms with Crippen molar-refractivity contribution in [3.8, 4) is 17.2 Å². The van der Waals surface area contributed by atoms with Crippen LogP contribution < -0.4 is 10.1 Å². The molecular weight excluding hydrogens is 353 g/mol. The molecule has 1 amide bonds. The lowest BCUT2D eigenvalue weighted by molar-refractivity contribution is 0.102. The Morgan fingerprint density at radius 2 is 1.88 bits per heavy atom. The number of hydrogen-bond donors (Lipinski definition) is 1. The number of nitrogens with one attached hydrogen (secondary N) is 1. The first-order valence-corrected chi connectivity index (χ1v) is 7.56. The van der Waals surface area contributed by atoms with Crippen molar-refractivity contribution in [1.29, 1.82) is 0 Å². The molecule has 0 fully saturated rings. The number of methoxy groups -OCH3 is 1. The van der Waals surface area contributed by atoms with Crippen LogP contribution >= 0.6 is 23.2 Å². The zero-order valence-corrected chi connectivity index (χ0v) is 13.9. The molecule has 8 heteroatoms. The number of nitrogens with zero attached hydrogens (tertiary/aromatic N) is 2. The second kappa shape index (κ2) is 6.90. The van der Waals surface area contributed by atoms with Crippen LogP contribution in [0.4, 0.5) is 6.01 Å². The standard InChI is InChI=1S/C16H11Cl2N3O3/c1-23-13-4-2-3-9(7-13)14(22)19-16-21-20-15(24-16)10-5-11(17)8-12(18)6-10/h2-8H,1H3,(H,19,21,22). The molecule has 0 aliphatic carbocycles. The minimum Gasteiger partial charge on any atom is -0.497 e. The van der Waals surface area contributed by atoms with Crippen molar-refractivity contribution < 1.29 is 13.9 Å². The van der Waals surface area contributed by atoms with Gasteiger partial charge in [-0.1, -0.05) is 34.4 Å². The topological polar surface area (TPSA) is 77.2 Å². The summed E-state index contributed by atoms with van der Waals surface area (Å²) in [4.78, 5) is 12.2. The minimum atomic E-state index is -0.395. The molecule has 0 saturated heterocycles. The van der Waals surface area contributed by atoms with Crippen LogP contribution in [0.25, 0.3) is 11.5 Å². The molecule has 122 valence electrons. The van der Waals surface area contributed by atoms with Crippen LogP contribution in [0, 0.1) is 0 Å². The smallest absolute Gasteiger partial charge is 0.322 e. The summed E-state index contributed by atoms with van der Waals surface area (Å²) in [6, 6.07) is 11.5. The maximum atomic E-state index is 12.2. The highest BCUT2D eigenvalue weighted by Crippen LogP contribution is 2.27. The average molecular weight is 364 g/mol. The number of benzene rings is 2. The highest BCUT2D eigenvalue weighted by Gasteiger charge is 2.14. The first-order chi connectivity index (χ1) is 11.5. The molecule has 2 aromatic carbocycles. The summed E-state index contributed by atoms with van der Waals surface area (Å²) in [5.41, 5.74) is 0.960. The van der Waals surface area contributed by atoms with Crippen molar-refractivity contribution >= 4 is 35.1 Å². The molecule has 0 aliphatic rings. The Hall–Kier alpha value is -2.57. The molecule has 3 rings (SSSR count). The fourth-order valence-electron chi connectivity index (χ4n) is 2.00. The third-order valence-corrected chi connectivity index (χ3v) is 3.52. The fraction of sp³-hybridized carbons (Fsp3) is 0.0625.